The third kappa shape index (κ3) is 3.27. The number of benzene rings is 2. The molecule has 0 fully saturated rings. The van der Waals surface area contributed by atoms with Gasteiger partial charge in [0.1, 0.15) is 0 Å². The van der Waals surface area contributed by atoms with Gasteiger partial charge in [-0.25, -0.2) is 0 Å². The maximum absolute atomic E-state index is 12.0. The molecule has 0 atom stereocenters. The third-order valence-electron chi connectivity index (χ3n) is 2.46. The zero-order valence-electron chi connectivity index (χ0n) is 8.99. The minimum atomic E-state index is 0.133. The molecule has 0 saturated heterocycles. The Morgan fingerprint density at radius 2 is 1.71 bits per heavy atom. The van der Waals surface area contributed by atoms with Crippen LogP contribution in [0.25, 0.3) is 0 Å². The maximum Gasteiger partial charge on any atom is 0.167 e. The first kappa shape index (κ1) is 12.5. The molecule has 17 heavy (non-hydrogen) atoms. The second-order valence-electron chi connectivity index (χ2n) is 3.70. The summed E-state index contributed by atoms with van der Waals surface area (Å²) >= 11 is 6.86. The summed E-state index contributed by atoms with van der Waals surface area (Å²) in [5.41, 5.74) is 1.75. The molecule has 0 N–H and O–H groups in total. The van der Waals surface area contributed by atoms with Crippen LogP contribution in [0.5, 0.6) is 0 Å². The summed E-state index contributed by atoms with van der Waals surface area (Å²) in [4.78, 5) is 12.0. The van der Waals surface area contributed by atoms with Crippen molar-refractivity contribution >= 4 is 37.6 Å². The molecule has 86 valence electrons. The SMILES string of the molecule is O=C(Cc1ccc(Br)cc1Br)c1ccccc1. The molecule has 2 aromatic rings. The van der Waals surface area contributed by atoms with Crippen molar-refractivity contribution in [2.45, 2.75) is 6.42 Å². The zero-order valence-corrected chi connectivity index (χ0v) is 12.2. The van der Waals surface area contributed by atoms with Gasteiger partial charge in [-0.15, -0.1) is 0 Å². The topological polar surface area (TPSA) is 17.1 Å². The smallest absolute Gasteiger partial charge is 0.167 e. The summed E-state index contributed by atoms with van der Waals surface area (Å²) < 4.78 is 1.96. The number of hydrogen-bond donors (Lipinski definition) is 0. The van der Waals surface area contributed by atoms with Crippen LogP contribution in [0.3, 0.4) is 0 Å². The summed E-state index contributed by atoms with van der Waals surface area (Å²) in [5.74, 6) is 0.133. The van der Waals surface area contributed by atoms with Crippen LogP contribution in [0, 0.1) is 0 Å². The van der Waals surface area contributed by atoms with Gasteiger partial charge in [0, 0.05) is 20.9 Å². The fourth-order valence-electron chi connectivity index (χ4n) is 1.56. The lowest BCUT2D eigenvalue weighted by molar-refractivity contribution is 0.0993. The van der Waals surface area contributed by atoms with Crippen molar-refractivity contribution in [2.24, 2.45) is 0 Å². The van der Waals surface area contributed by atoms with E-state index >= 15 is 0 Å². The Labute approximate surface area is 117 Å². The molecule has 0 radical (unpaired) electrons. The number of halogens is 2. The number of rotatable bonds is 3. The lowest BCUT2D eigenvalue weighted by Crippen LogP contribution is -2.03. The minimum Gasteiger partial charge on any atom is -0.294 e. The average molecular weight is 354 g/mol. The highest BCUT2D eigenvalue weighted by atomic mass is 79.9. The van der Waals surface area contributed by atoms with E-state index in [1.165, 1.54) is 0 Å². The fraction of sp³-hybridized carbons (Fsp3) is 0.0714. The van der Waals surface area contributed by atoms with Crippen molar-refractivity contribution in [3.63, 3.8) is 0 Å². The van der Waals surface area contributed by atoms with E-state index in [2.05, 4.69) is 31.9 Å². The van der Waals surface area contributed by atoms with Crippen LogP contribution in [0.2, 0.25) is 0 Å². The molecule has 1 nitrogen and oxygen atoms in total. The van der Waals surface area contributed by atoms with Crippen LogP contribution in [0.15, 0.2) is 57.5 Å². The van der Waals surface area contributed by atoms with E-state index in [0.29, 0.717) is 6.42 Å². The average Bonchev–Trinajstić information content (AvgIpc) is 2.34. The van der Waals surface area contributed by atoms with Crippen molar-refractivity contribution in [1.82, 2.24) is 0 Å². The number of carbonyl (C=O) groups is 1. The van der Waals surface area contributed by atoms with Crippen molar-refractivity contribution in [1.29, 1.82) is 0 Å². The van der Waals surface area contributed by atoms with Gasteiger partial charge in [0.15, 0.2) is 5.78 Å². The zero-order chi connectivity index (χ0) is 12.3. The van der Waals surface area contributed by atoms with Gasteiger partial charge in [-0.1, -0.05) is 68.3 Å². The summed E-state index contributed by atoms with van der Waals surface area (Å²) in [7, 11) is 0. The quantitative estimate of drug-likeness (QED) is 0.735. The molecule has 3 heteroatoms. The molecule has 0 spiro atoms. The van der Waals surface area contributed by atoms with Gasteiger partial charge in [0.2, 0.25) is 0 Å². The lowest BCUT2D eigenvalue weighted by atomic mass is 10.0. The molecular formula is C14H10Br2O. The predicted octanol–water partition coefficient (Wildman–Crippen LogP) is 4.64. The normalized spacial score (nSPS) is 10.2. The summed E-state index contributed by atoms with van der Waals surface area (Å²) in [6.07, 6.45) is 0.415. The first-order valence-corrected chi connectivity index (χ1v) is 6.77. The Kier molecular flexibility index (Phi) is 4.13. The standard InChI is InChI=1S/C14H10Br2O/c15-12-7-6-11(13(16)9-12)8-14(17)10-4-2-1-3-5-10/h1-7,9H,8H2. The van der Waals surface area contributed by atoms with Gasteiger partial charge in [0.05, 0.1) is 0 Å². The van der Waals surface area contributed by atoms with Gasteiger partial charge in [-0.3, -0.25) is 4.79 Å². The Balaban J connectivity index is 2.19. The first-order valence-electron chi connectivity index (χ1n) is 5.19. The predicted molar refractivity (Wildman–Crippen MR) is 76.3 cm³/mol. The summed E-state index contributed by atoms with van der Waals surface area (Å²) in [6.45, 7) is 0. The fourth-order valence-corrected chi connectivity index (χ4v) is 2.75. The minimum absolute atomic E-state index is 0.133. The second-order valence-corrected chi connectivity index (χ2v) is 5.47. The van der Waals surface area contributed by atoms with Crippen molar-refractivity contribution in [3.05, 3.63) is 68.6 Å². The molecule has 0 aliphatic heterocycles. The number of ketones is 1. The Morgan fingerprint density at radius 3 is 2.35 bits per heavy atom. The van der Waals surface area contributed by atoms with Gasteiger partial charge < -0.3 is 0 Å². The van der Waals surface area contributed by atoms with Crippen molar-refractivity contribution in [3.8, 4) is 0 Å². The Morgan fingerprint density at radius 1 is 1.00 bits per heavy atom. The monoisotopic (exact) mass is 352 g/mol. The molecule has 0 aromatic heterocycles. The number of carbonyl (C=O) groups excluding carboxylic acids is 1. The van der Waals surface area contributed by atoms with Crippen molar-refractivity contribution in [2.75, 3.05) is 0 Å². The highest BCUT2D eigenvalue weighted by Crippen LogP contribution is 2.23. The number of Topliss-reactive ketones (excluding diaryl/α,β-unsaturated/α-hetero) is 1. The van der Waals surface area contributed by atoms with E-state index < -0.39 is 0 Å². The Bertz CT molecular complexity index is 535. The van der Waals surface area contributed by atoms with E-state index in [1.54, 1.807) is 0 Å². The van der Waals surface area contributed by atoms with Crippen LogP contribution in [0.1, 0.15) is 15.9 Å². The van der Waals surface area contributed by atoms with Crippen LogP contribution >= 0.6 is 31.9 Å². The molecule has 2 aromatic carbocycles. The van der Waals surface area contributed by atoms with E-state index in [-0.39, 0.29) is 5.78 Å². The van der Waals surface area contributed by atoms with E-state index in [4.69, 9.17) is 0 Å². The molecule has 0 aliphatic rings. The Hall–Kier alpha value is -0.930. The molecule has 0 unspecified atom stereocenters. The highest BCUT2D eigenvalue weighted by Gasteiger charge is 2.09. The van der Waals surface area contributed by atoms with E-state index in [9.17, 15) is 4.79 Å². The van der Waals surface area contributed by atoms with Crippen molar-refractivity contribution < 1.29 is 4.79 Å². The first-order chi connectivity index (χ1) is 8.16. The summed E-state index contributed by atoms with van der Waals surface area (Å²) in [6, 6.07) is 15.2. The van der Waals surface area contributed by atoms with Gasteiger partial charge >= 0.3 is 0 Å². The van der Waals surface area contributed by atoms with Crippen LogP contribution < -0.4 is 0 Å². The van der Waals surface area contributed by atoms with Crippen LogP contribution in [-0.4, -0.2) is 5.78 Å². The molecular weight excluding hydrogens is 344 g/mol. The number of hydrogen-bond acceptors (Lipinski definition) is 1. The molecule has 0 bridgehead atoms. The second kappa shape index (κ2) is 5.61. The van der Waals surface area contributed by atoms with Crippen LogP contribution in [-0.2, 0) is 6.42 Å². The van der Waals surface area contributed by atoms with Gasteiger partial charge in [0.25, 0.3) is 0 Å². The highest BCUT2D eigenvalue weighted by molar-refractivity contribution is 9.11. The van der Waals surface area contributed by atoms with Crippen LogP contribution in [0.4, 0.5) is 0 Å². The molecule has 0 heterocycles. The molecule has 2 rings (SSSR count). The molecule has 0 saturated carbocycles. The summed E-state index contributed by atoms with van der Waals surface area (Å²) in [5, 5.41) is 0. The third-order valence-corrected chi connectivity index (χ3v) is 3.69. The lowest BCUT2D eigenvalue weighted by Gasteiger charge is -2.04. The van der Waals surface area contributed by atoms with Gasteiger partial charge in [-0.05, 0) is 17.7 Å². The molecule has 0 aliphatic carbocycles. The van der Waals surface area contributed by atoms with E-state index in [0.717, 1.165) is 20.1 Å². The van der Waals surface area contributed by atoms with E-state index in [1.807, 2.05) is 48.5 Å². The molecule has 0 amide bonds. The maximum atomic E-state index is 12.0. The van der Waals surface area contributed by atoms with Gasteiger partial charge in [-0.2, -0.15) is 0 Å². The largest absolute Gasteiger partial charge is 0.294 e.